The Morgan fingerprint density at radius 3 is 2.69 bits per heavy atom. The van der Waals surface area contributed by atoms with Crippen molar-refractivity contribution in [2.45, 2.75) is 33.2 Å². The molecule has 1 aromatic carbocycles. The molecule has 0 bridgehead atoms. The van der Waals surface area contributed by atoms with Crippen LogP contribution >= 0.6 is 0 Å². The second-order valence-corrected chi connectivity index (χ2v) is 3.42. The van der Waals surface area contributed by atoms with Crippen molar-refractivity contribution < 1.29 is 4.39 Å². The topological polar surface area (TPSA) is 12.0 Å². The van der Waals surface area contributed by atoms with Crippen molar-refractivity contribution in [3.05, 3.63) is 29.6 Å². The molecule has 72 valence electrons. The number of aryl methyl sites for hydroxylation is 1. The molecule has 0 saturated heterocycles. The maximum absolute atomic E-state index is 12.9. The van der Waals surface area contributed by atoms with Gasteiger partial charge in [-0.2, -0.15) is 0 Å². The van der Waals surface area contributed by atoms with Crippen molar-refractivity contribution in [2.24, 2.45) is 0 Å². The standard InChI is InChI=1S/C11H16FN/c1-4-9(3)13-10-5-6-11(12)8(2)7-10/h5-7,9,13H,4H2,1-3H3/t9-/m0/s1. The molecule has 0 amide bonds. The van der Waals surface area contributed by atoms with Crippen molar-refractivity contribution in [1.82, 2.24) is 0 Å². The third-order valence-electron chi connectivity index (χ3n) is 2.18. The quantitative estimate of drug-likeness (QED) is 0.754. The second kappa shape index (κ2) is 4.26. The van der Waals surface area contributed by atoms with Gasteiger partial charge in [0.1, 0.15) is 5.82 Å². The van der Waals surface area contributed by atoms with E-state index in [0.29, 0.717) is 11.6 Å². The molecule has 0 heterocycles. The highest BCUT2D eigenvalue weighted by Crippen LogP contribution is 2.14. The molecule has 13 heavy (non-hydrogen) atoms. The molecule has 1 N–H and O–H groups in total. The third-order valence-corrected chi connectivity index (χ3v) is 2.18. The average molecular weight is 181 g/mol. The third kappa shape index (κ3) is 2.72. The van der Waals surface area contributed by atoms with E-state index < -0.39 is 0 Å². The smallest absolute Gasteiger partial charge is 0.126 e. The maximum Gasteiger partial charge on any atom is 0.126 e. The van der Waals surface area contributed by atoms with Gasteiger partial charge in [0, 0.05) is 11.7 Å². The van der Waals surface area contributed by atoms with Gasteiger partial charge in [-0.3, -0.25) is 0 Å². The van der Waals surface area contributed by atoms with Gasteiger partial charge in [0.2, 0.25) is 0 Å². The fourth-order valence-corrected chi connectivity index (χ4v) is 1.12. The Morgan fingerprint density at radius 1 is 1.46 bits per heavy atom. The van der Waals surface area contributed by atoms with Gasteiger partial charge in [-0.15, -0.1) is 0 Å². The van der Waals surface area contributed by atoms with Crippen LogP contribution in [0.3, 0.4) is 0 Å². The second-order valence-electron chi connectivity index (χ2n) is 3.42. The van der Waals surface area contributed by atoms with Crippen LogP contribution in [0.5, 0.6) is 0 Å². The first-order valence-electron chi connectivity index (χ1n) is 4.66. The number of halogens is 1. The first-order chi connectivity index (χ1) is 6.13. The maximum atomic E-state index is 12.9. The average Bonchev–Trinajstić information content (AvgIpc) is 2.11. The minimum atomic E-state index is -0.144. The molecular weight excluding hydrogens is 165 g/mol. The fourth-order valence-electron chi connectivity index (χ4n) is 1.12. The number of rotatable bonds is 3. The van der Waals surface area contributed by atoms with Gasteiger partial charge >= 0.3 is 0 Å². The SMILES string of the molecule is CC[C@H](C)Nc1ccc(F)c(C)c1. The largest absolute Gasteiger partial charge is 0.383 e. The van der Waals surface area contributed by atoms with Crippen LogP contribution in [0, 0.1) is 12.7 Å². The summed E-state index contributed by atoms with van der Waals surface area (Å²) >= 11 is 0. The zero-order valence-electron chi connectivity index (χ0n) is 8.39. The molecule has 0 radical (unpaired) electrons. The van der Waals surface area contributed by atoms with E-state index in [2.05, 4.69) is 19.2 Å². The van der Waals surface area contributed by atoms with Gasteiger partial charge in [0.15, 0.2) is 0 Å². The van der Waals surface area contributed by atoms with E-state index >= 15 is 0 Å². The monoisotopic (exact) mass is 181 g/mol. The predicted molar refractivity (Wildman–Crippen MR) is 54.5 cm³/mol. The Kier molecular flexibility index (Phi) is 3.29. The van der Waals surface area contributed by atoms with Crippen molar-refractivity contribution in [3.63, 3.8) is 0 Å². The van der Waals surface area contributed by atoms with Crippen LogP contribution in [0.4, 0.5) is 10.1 Å². The Bertz CT molecular complexity index is 283. The summed E-state index contributed by atoms with van der Waals surface area (Å²) in [5, 5.41) is 3.29. The molecule has 2 heteroatoms. The van der Waals surface area contributed by atoms with E-state index in [-0.39, 0.29) is 5.82 Å². The highest BCUT2D eigenvalue weighted by Gasteiger charge is 2.01. The van der Waals surface area contributed by atoms with E-state index in [0.717, 1.165) is 12.1 Å². The fraction of sp³-hybridized carbons (Fsp3) is 0.455. The van der Waals surface area contributed by atoms with E-state index in [9.17, 15) is 4.39 Å². The zero-order valence-corrected chi connectivity index (χ0v) is 8.39. The van der Waals surface area contributed by atoms with Gasteiger partial charge in [-0.25, -0.2) is 4.39 Å². The van der Waals surface area contributed by atoms with Gasteiger partial charge in [0.05, 0.1) is 0 Å². The van der Waals surface area contributed by atoms with E-state index in [1.807, 2.05) is 6.07 Å². The molecule has 0 fully saturated rings. The van der Waals surface area contributed by atoms with Crippen molar-refractivity contribution in [2.75, 3.05) is 5.32 Å². The molecule has 1 atom stereocenters. The van der Waals surface area contributed by atoms with Crippen LogP contribution in [0.15, 0.2) is 18.2 Å². The van der Waals surface area contributed by atoms with Crippen LogP contribution in [-0.4, -0.2) is 6.04 Å². The molecule has 0 spiro atoms. The normalized spacial score (nSPS) is 12.6. The molecule has 0 aliphatic heterocycles. The lowest BCUT2D eigenvalue weighted by Gasteiger charge is -2.13. The summed E-state index contributed by atoms with van der Waals surface area (Å²) in [6.07, 6.45) is 1.07. The van der Waals surface area contributed by atoms with E-state index in [1.165, 1.54) is 6.07 Å². The van der Waals surface area contributed by atoms with E-state index in [4.69, 9.17) is 0 Å². The number of hydrogen-bond acceptors (Lipinski definition) is 1. The lowest BCUT2D eigenvalue weighted by molar-refractivity contribution is 0.618. The minimum Gasteiger partial charge on any atom is -0.383 e. The molecule has 1 aromatic rings. The van der Waals surface area contributed by atoms with Crippen molar-refractivity contribution in [3.8, 4) is 0 Å². The highest BCUT2D eigenvalue weighted by atomic mass is 19.1. The van der Waals surface area contributed by atoms with Crippen LogP contribution in [0.2, 0.25) is 0 Å². The Hall–Kier alpha value is -1.05. The number of benzene rings is 1. The molecule has 0 aliphatic carbocycles. The Balaban J connectivity index is 2.73. The number of anilines is 1. The van der Waals surface area contributed by atoms with Crippen LogP contribution < -0.4 is 5.32 Å². The van der Waals surface area contributed by atoms with E-state index in [1.54, 1.807) is 13.0 Å². The van der Waals surface area contributed by atoms with Gasteiger partial charge in [-0.1, -0.05) is 6.92 Å². The lowest BCUT2D eigenvalue weighted by Crippen LogP contribution is -2.13. The molecule has 0 aromatic heterocycles. The van der Waals surface area contributed by atoms with Crippen molar-refractivity contribution in [1.29, 1.82) is 0 Å². The summed E-state index contributed by atoms with van der Waals surface area (Å²) in [7, 11) is 0. The predicted octanol–water partition coefficient (Wildman–Crippen LogP) is 3.34. The highest BCUT2D eigenvalue weighted by molar-refractivity contribution is 5.46. The molecule has 0 unspecified atom stereocenters. The molecule has 1 nitrogen and oxygen atoms in total. The minimum absolute atomic E-state index is 0.144. The summed E-state index contributed by atoms with van der Waals surface area (Å²) in [5.74, 6) is -0.144. The summed E-state index contributed by atoms with van der Waals surface area (Å²) in [5.41, 5.74) is 1.68. The molecule has 1 rings (SSSR count). The summed E-state index contributed by atoms with van der Waals surface area (Å²) < 4.78 is 12.9. The Morgan fingerprint density at radius 2 is 2.15 bits per heavy atom. The zero-order chi connectivity index (χ0) is 9.84. The first kappa shape index (κ1) is 10.0. The molecule has 0 saturated carbocycles. The van der Waals surface area contributed by atoms with Crippen molar-refractivity contribution >= 4 is 5.69 Å². The first-order valence-corrected chi connectivity index (χ1v) is 4.66. The van der Waals surface area contributed by atoms with Gasteiger partial charge in [0.25, 0.3) is 0 Å². The molecule has 0 aliphatic rings. The van der Waals surface area contributed by atoms with Crippen LogP contribution in [0.25, 0.3) is 0 Å². The molecular formula is C11H16FN. The summed E-state index contributed by atoms with van der Waals surface area (Å²) in [4.78, 5) is 0. The van der Waals surface area contributed by atoms with Crippen LogP contribution in [-0.2, 0) is 0 Å². The number of hydrogen-bond donors (Lipinski definition) is 1. The number of nitrogens with one attached hydrogen (secondary N) is 1. The van der Waals surface area contributed by atoms with Crippen LogP contribution in [0.1, 0.15) is 25.8 Å². The van der Waals surface area contributed by atoms with Gasteiger partial charge < -0.3 is 5.32 Å². The lowest BCUT2D eigenvalue weighted by atomic mass is 10.2. The summed E-state index contributed by atoms with van der Waals surface area (Å²) in [6.45, 7) is 6.00. The summed E-state index contributed by atoms with van der Waals surface area (Å²) in [6, 6.07) is 5.54. The van der Waals surface area contributed by atoms with Gasteiger partial charge in [-0.05, 0) is 44.0 Å². The Labute approximate surface area is 79.0 Å².